The number of nitrogens with one attached hydrogen (secondary N) is 1. The molecule has 0 spiro atoms. The molecule has 0 bridgehead atoms. The maximum atomic E-state index is 12.4. The van der Waals surface area contributed by atoms with Crippen LogP contribution in [0, 0.1) is 5.92 Å². The number of esters is 1. The van der Waals surface area contributed by atoms with Gasteiger partial charge in [0.05, 0.1) is 5.92 Å². The highest BCUT2D eigenvalue weighted by Crippen LogP contribution is 2.35. The van der Waals surface area contributed by atoms with E-state index in [1.54, 1.807) is 12.1 Å². The highest BCUT2D eigenvalue weighted by atomic mass is 16.6. The highest BCUT2D eigenvalue weighted by molar-refractivity contribution is 5.98. The predicted molar refractivity (Wildman–Crippen MR) is 210 cm³/mol. The number of allylic oxidation sites excluding steroid dienone is 1. The van der Waals surface area contributed by atoms with Crippen LogP contribution in [0.15, 0.2) is 109 Å². The maximum absolute atomic E-state index is 12.4. The first-order chi connectivity index (χ1) is 26.5. The van der Waals surface area contributed by atoms with Gasteiger partial charge in [0.15, 0.2) is 0 Å². The number of hydrogen-bond acceptors (Lipinski definition) is 8. The third kappa shape index (κ3) is 13.7. The summed E-state index contributed by atoms with van der Waals surface area (Å²) in [6.45, 7) is 4.09. The van der Waals surface area contributed by atoms with Crippen molar-refractivity contribution in [3.8, 4) is 11.5 Å². The first-order valence-corrected chi connectivity index (χ1v) is 18.2. The maximum Gasteiger partial charge on any atom is 0.407 e. The molecule has 1 aliphatic heterocycles. The molecular formula is C43H49N3O9. The average Bonchev–Trinajstić information content (AvgIpc) is 3.20. The van der Waals surface area contributed by atoms with Crippen molar-refractivity contribution in [1.82, 2.24) is 15.1 Å². The van der Waals surface area contributed by atoms with Gasteiger partial charge in [0.2, 0.25) is 0 Å². The molecule has 1 aliphatic rings. The number of amides is 2. The Bertz CT molecular complexity index is 1830. The van der Waals surface area contributed by atoms with Crippen molar-refractivity contribution in [3.63, 3.8) is 0 Å². The molecule has 0 unspecified atom stereocenters. The largest absolute Gasteiger partial charge is 0.492 e. The number of rotatable bonds is 14. The lowest BCUT2D eigenvalue weighted by Crippen LogP contribution is -2.39. The number of hydrogen-bond donors (Lipinski definition) is 3. The Morgan fingerprint density at radius 1 is 0.764 bits per heavy atom. The molecule has 1 heterocycles. The van der Waals surface area contributed by atoms with Crippen LogP contribution in [-0.4, -0.2) is 91.0 Å². The summed E-state index contributed by atoms with van der Waals surface area (Å²) in [5.74, 6) is -0.568. The van der Waals surface area contributed by atoms with Crippen molar-refractivity contribution in [2.45, 2.75) is 32.8 Å². The van der Waals surface area contributed by atoms with E-state index in [0.29, 0.717) is 38.3 Å². The second-order valence-corrected chi connectivity index (χ2v) is 13.0. The summed E-state index contributed by atoms with van der Waals surface area (Å²) in [6.07, 6.45) is 0.0406. The van der Waals surface area contributed by atoms with Crippen LogP contribution < -0.4 is 14.8 Å². The van der Waals surface area contributed by atoms with Gasteiger partial charge in [-0.25, -0.2) is 14.4 Å². The van der Waals surface area contributed by atoms with E-state index in [4.69, 9.17) is 24.4 Å². The fourth-order valence-electron chi connectivity index (χ4n) is 5.84. The van der Waals surface area contributed by atoms with E-state index < -0.39 is 24.1 Å². The SMILES string of the molecule is CC/C(=C(/c1ccc(OCCN(C)C)cc1)c1ccc(OC(=O)CNC(=O)OCc2ccccc2)cc1)c1ccccc1.O=C(O)C1CCN(C(=O)O)CC1. The lowest BCUT2D eigenvalue weighted by Gasteiger charge is -2.27. The average molecular weight is 752 g/mol. The highest BCUT2D eigenvalue weighted by Gasteiger charge is 2.26. The lowest BCUT2D eigenvalue weighted by atomic mass is 9.88. The number of nitrogens with zero attached hydrogens (tertiary/aromatic N) is 2. The van der Waals surface area contributed by atoms with Gasteiger partial charge in [-0.1, -0.05) is 91.9 Å². The van der Waals surface area contributed by atoms with Crippen LogP contribution in [0.4, 0.5) is 9.59 Å². The zero-order valence-corrected chi connectivity index (χ0v) is 31.5. The molecule has 0 saturated carbocycles. The minimum atomic E-state index is -0.959. The summed E-state index contributed by atoms with van der Waals surface area (Å²) in [4.78, 5) is 48.6. The summed E-state index contributed by atoms with van der Waals surface area (Å²) in [5.41, 5.74) is 6.34. The number of ether oxygens (including phenoxy) is 3. The van der Waals surface area contributed by atoms with Crippen molar-refractivity contribution >= 4 is 35.3 Å². The molecule has 1 saturated heterocycles. The van der Waals surface area contributed by atoms with Crippen molar-refractivity contribution in [3.05, 3.63) is 131 Å². The molecule has 0 aromatic heterocycles. The van der Waals surface area contributed by atoms with Crippen LogP contribution >= 0.6 is 0 Å². The summed E-state index contributed by atoms with van der Waals surface area (Å²) in [5, 5.41) is 19.6. The Kier molecular flexibility index (Phi) is 16.3. The van der Waals surface area contributed by atoms with Gasteiger partial charge in [-0.05, 0) is 91.0 Å². The minimum Gasteiger partial charge on any atom is -0.492 e. The van der Waals surface area contributed by atoms with Gasteiger partial charge in [0.25, 0.3) is 0 Å². The number of aliphatic carboxylic acids is 1. The summed E-state index contributed by atoms with van der Waals surface area (Å²) >= 11 is 0. The van der Waals surface area contributed by atoms with Crippen molar-refractivity contribution in [1.29, 1.82) is 0 Å². The number of likely N-dealkylation sites (N-methyl/N-ethyl adjacent to an activating group) is 1. The predicted octanol–water partition coefficient (Wildman–Crippen LogP) is 7.29. The van der Waals surface area contributed by atoms with Crippen molar-refractivity contribution < 1.29 is 43.6 Å². The number of carboxylic acid groups (broad SMARTS) is 2. The second kappa shape index (κ2) is 21.5. The number of benzene rings is 4. The number of piperidine rings is 1. The van der Waals surface area contributed by atoms with Gasteiger partial charge in [-0.3, -0.25) is 4.79 Å². The standard InChI is InChI=1S/C36H38N2O5.C7H11NO4/c1-4-33(28-13-9-6-10-14-28)35(29-15-19-31(20-16-29)41-24-23-38(2)3)30-17-21-32(22-18-30)43-34(39)25-37-36(40)42-26-27-11-7-5-8-12-27;9-6(10)5-1-3-8(4-2-5)7(11)12/h5-22H,4,23-26H2,1-3H3,(H,37,40);5H,1-4H2,(H,9,10)(H,11,12)/b35-33+;. The molecule has 0 atom stereocenters. The van der Waals surface area contributed by atoms with Gasteiger partial charge >= 0.3 is 24.1 Å². The lowest BCUT2D eigenvalue weighted by molar-refractivity contribution is -0.143. The number of carbonyl (C=O) groups excluding carboxylic acids is 2. The van der Waals surface area contributed by atoms with Gasteiger partial charge < -0.3 is 39.5 Å². The van der Waals surface area contributed by atoms with E-state index in [2.05, 4.69) is 41.4 Å². The third-order valence-electron chi connectivity index (χ3n) is 8.81. The number of alkyl carbamates (subject to hydrolysis) is 1. The molecule has 290 valence electrons. The van der Waals surface area contributed by atoms with Crippen LogP contribution in [0.3, 0.4) is 0 Å². The van der Waals surface area contributed by atoms with E-state index in [1.165, 1.54) is 10.5 Å². The fraction of sp³-hybridized carbons (Fsp3) is 0.302. The molecule has 3 N–H and O–H groups in total. The zero-order valence-electron chi connectivity index (χ0n) is 31.5. The zero-order chi connectivity index (χ0) is 39.6. The Hall–Kier alpha value is -6.14. The molecular weight excluding hydrogens is 702 g/mol. The van der Waals surface area contributed by atoms with E-state index in [-0.39, 0.29) is 19.1 Å². The Labute approximate surface area is 321 Å². The molecule has 0 aliphatic carbocycles. The minimum absolute atomic E-state index is 0.119. The van der Waals surface area contributed by atoms with E-state index >= 15 is 0 Å². The van der Waals surface area contributed by atoms with E-state index in [1.807, 2.05) is 86.9 Å². The van der Waals surface area contributed by atoms with Crippen LogP contribution in [0.1, 0.15) is 48.4 Å². The van der Waals surface area contributed by atoms with Crippen LogP contribution in [0.2, 0.25) is 0 Å². The first kappa shape index (κ1) is 41.6. The van der Waals surface area contributed by atoms with E-state index in [0.717, 1.165) is 46.5 Å². The monoisotopic (exact) mass is 751 g/mol. The molecule has 12 heteroatoms. The number of likely N-dealkylation sites (tertiary alicyclic amines) is 1. The molecule has 0 radical (unpaired) electrons. The number of carboxylic acids is 1. The van der Waals surface area contributed by atoms with Gasteiger partial charge in [0, 0.05) is 19.6 Å². The van der Waals surface area contributed by atoms with Gasteiger partial charge in [-0.15, -0.1) is 0 Å². The first-order valence-electron chi connectivity index (χ1n) is 18.2. The molecule has 4 aromatic carbocycles. The second-order valence-electron chi connectivity index (χ2n) is 13.0. The quantitative estimate of drug-likeness (QED) is 0.0680. The molecule has 55 heavy (non-hydrogen) atoms. The van der Waals surface area contributed by atoms with Crippen LogP contribution in [0.25, 0.3) is 11.1 Å². The van der Waals surface area contributed by atoms with Crippen molar-refractivity contribution in [2.75, 3.05) is 46.9 Å². The molecule has 5 rings (SSSR count). The molecule has 2 amide bonds. The Balaban J connectivity index is 0.000000477. The molecule has 12 nitrogen and oxygen atoms in total. The summed E-state index contributed by atoms with van der Waals surface area (Å²) < 4.78 is 16.5. The van der Waals surface area contributed by atoms with Crippen molar-refractivity contribution in [2.24, 2.45) is 5.92 Å². The van der Waals surface area contributed by atoms with Crippen LogP contribution in [0.5, 0.6) is 11.5 Å². The van der Waals surface area contributed by atoms with E-state index in [9.17, 15) is 19.2 Å². The smallest absolute Gasteiger partial charge is 0.407 e. The molecule has 4 aromatic rings. The summed E-state index contributed by atoms with van der Waals surface area (Å²) in [7, 11) is 4.04. The van der Waals surface area contributed by atoms with Crippen LogP contribution in [-0.2, 0) is 20.9 Å². The van der Waals surface area contributed by atoms with Gasteiger partial charge in [0.1, 0.15) is 31.3 Å². The molecule has 1 fully saturated rings. The Morgan fingerprint density at radius 2 is 1.33 bits per heavy atom. The third-order valence-corrected chi connectivity index (χ3v) is 8.81. The normalized spacial score (nSPS) is 13.1. The van der Waals surface area contributed by atoms with Gasteiger partial charge in [-0.2, -0.15) is 0 Å². The number of carbonyl (C=O) groups is 4. The Morgan fingerprint density at radius 3 is 1.85 bits per heavy atom. The summed E-state index contributed by atoms with van der Waals surface area (Å²) in [6, 6.07) is 35.2. The topological polar surface area (TPSA) is 155 Å². The fourth-order valence-corrected chi connectivity index (χ4v) is 5.84.